The van der Waals surface area contributed by atoms with E-state index in [1.807, 2.05) is 19.9 Å². The second kappa shape index (κ2) is 7.64. The molecule has 0 fully saturated rings. The predicted molar refractivity (Wildman–Crippen MR) is 106 cm³/mol. The molecule has 1 amide bonds. The number of benzene rings is 1. The van der Waals surface area contributed by atoms with E-state index in [1.165, 1.54) is 0 Å². The van der Waals surface area contributed by atoms with Crippen LogP contribution in [-0.2, 0) is 0 Å². The van der Waals surface area contributed by atoms with Crippen molar-refractivity contribution >= 4 is 33.5 Å². The number of pyridine rings is 1. The fourth-order valence-corrected chi connectivity index (χ4v) is 3.00. The van der Waals surface area contributed by atoms with Crippen LogP contribution in [0.25, 0.3) is 21.9 Å². The summed E-state index contributed by atoms with van der Waals surface area (Å²) in [4.78, 5) is 20.5. The first-order valence-electron chi connectivity index (χ1n) is 8.98. The second-order valence-electron chi connectivity index (χ2n) is 6.96. The summed E-state index contributed by atoms with van der Waals surface area (Å²) in [6.45, 7) is 6.06. The Labute approximate surface area is 157 Å². The van der Waals surface area contributed by atoms with Gasteiger partial charge in [-0.3, -0.25) is 9.78 Å². The molecule has 3 rings (SSSR count). The minimum Gasteiger partial charge on any atom is -0.393 e. The summed E-state index contributed by atoms with van der Waals surface area (Å²) in [5.74, 6) is -0.246. The lowest BCUT2D eigenvalue weighted by molar-refractivity contribution is 0.0946. The van der Waals surface area contributed by atoms with E-state index in [9.17, 15) is 9.90 Å². The van der Waals surface area contributed by atoms with E-state index in [1.54, 1.807) is 25.3 Å². The smallest absolute Gasteiger partial charge is 0.255 e. The topological polar surface area (TPSA) is 114 Å². The van der Waals surface area contributed by atoms with E-state index >= 15 is 0 Å². The molecule has 0 radical (unpaired) electrons. The quantitative estimate of drug-likeness (QED) is 0.536. The Bertz CT molecular complexity index is 1030. The van der Waals surface area contributed by atoms with Gasteiger partial charge in [0.25, 0.3) is 5.91 Å². The van der Waals surface area contributed by atoms with Gasteiger partial charge in [-0.1, -0.05) is 0 Å². The molecule has 0 aliphatic carbocycles. The van der Waals surface area contributed by atoms with Crippen molar-refractivity contribution < 1.29 is 9.90 Å². The average molecular weight is 365 g/mol. The molecule has 1 atom stereocenters. The van der Waals surface area contributed by atoms with Gasteiger partial charge in [0.15, 0.2) is 0 Å². The zero-order valence-corrected chi connectivity index (χ0v) is 15.6. The van der Waals surface area contributed by atoms with Crippen molar-refractivity contribution in [2.45, 2.75) is 39.3 Å². The van der Waals surface area contributed by atoms with Crippen LogP contribution >= 0.6 is 0 Å². The molecular weight excluding hydrogens is 342 g/mol. The van der Waals surface area contributed by atoms with Gasteiger partial charge in [0, 0.05) is 29.7 Å². The number of hydrogen-bond acceptors (Lipinski definition) is 5. The standard InChI is InChI=1S/C20H23N5O2/c1-11(2)24-18-15(20(27)22-7-6-12(3)26)10-23-17-14-5-4-13(9-21)8-16(14)25-19(17)18/h4-5,8,10-12,25-26H,6-7H2,1-3H3,(H,22,27)(H,23,24). The molecule has 2 aromatic heterocycles. The number of nitrogens with one attached hydrogen (secondary N) is 3. The fourth-order valence-electron chi connectivity index (χ4n) is 3.00. The van der Waals surface area contributed by atoms with Crippen LogP contribution in [0.1, 0.15) is 43.1 Å². The number of aromatic amines is 1. The number of aliphatic hydroxyl groups excluding tert-OH is 1. The maximum atomic E-state index is 12.7. The van der Waals surface area contributed by atoms with Crippen molar-refractivity contribution in [3.63, 3.8) is 0 Å². The monoisotopic (exact) mass is 365 g/mol. The predicted octanol–water partition coefficient (Wildman–Crippen LogP) is 2.91. The summed E-state index contributed by atoms with van der Waals surface area (Å²) in [7, 11) is 0. The van der Waals surface area contributed by atoms with Crippen LogP contribution in [0.4, 0.5) is 5.69 Å². The number of fused-ring (bicyclic) bond motifs is 3. The van der Waals surface area contributed by atoms with Gasteiger partial charge in [0.1, 0.15) is 0 Å². The van der Waals surface area contributed by atoms with Gasteiger partial charge in [0.2, 0.25) is 0 Å². The largest absolute Gasteiger partial charge is 0.393 e. The number of rotatable bonds is 6. The summed E-state index contributed by atoms with van der Waals surface area (Å²) < 4.78 is 0. The van der Waals surface area contributed by atoms with E-state index < -0.39 is 6.10 Å². The molecule has 2 heterocycles. The number of aliphatic hydroxyl groups is 1. The Morgan fingerprint density at radius 1 is 1.37 bits per heavy atom. The van der Waals surface area contributed by atoms with Crippen LogP contribution in [0.15, 0.2) is 24.4 Å². The molecule has 27 heavy (non-hydrogen) atoms. The van der Waals surface area contributed by atoms with E-state index in [2.05, 4.69) is 26.7 Å². The maximum absolute atomic E-state index is 12.7. The summed E-state index contributed by atoms with van der Waals surface area (Å²) in [5.41, 5.74) is 3.96. The molecule has 0 saturated heterocycles. The molecular formula is C20H23N5O2. The minimum atomic E-state index is -0.470. The van der Waals surface area contributed by atoms with Crippen LogP contribution in [-0.4, -0.2) is 39.7 Å². The summed E-state index contributed by atoms with van der Waals surface area (Å²) in [6, 6.07) is 7.64. The van der Waals surface area contributed by atoms with Crippen LogP contribution in [0.3, 0.4) is 0 Å². The number of anilines is 1. The third-order valence-corrected chi connectivity index (χ3v) is 4.27. The SMILES string of the molecule is CC(O)CCNC(=O)c1cnc2c([nH]c3cc(C#N)ccc32)c1NC(C)C. The molecule has 7 nitrogen and oxygen atoms in total. The molecule has 4 N–H and O–H groups in total. The van der Waals surface area contributed by atoms with Crippen molar-refractivity contribution in [3.8, 4) is 6.07 Å². The molecule has 0 aliphatic rings. The highest BCUT2D eigenvalue weighted by Crippen LogP contribution is 2.32. The number of nitriles is 1. The molecule has 0 spiro atoms. The van der Waals surface area contributed by atoms with Gasteiger partial charge >= 0.3 is 0 Å². The normalized spacial score (nSPS) is 12.3. The Kier molecular flexibility index (Phi) is 5.28. The van der Waals surface area contributed by atoms with Crippen LogP contribution in [0.2, 0.25) is 0 Å². The van der Waals surface area contributed by atoms with Gasteiger partial charge in [-0.15, -0.1) is 0 Å². The first-order valence-corrected chi connectivity index (χ1v) is 8.98. The number of carbonyl (C=O) groups excluding carboxylic acids is 1. The van der Waals surface area contributed by atoms with Gasteiger partial charge < -0.3 is 20.7 Å². The van der Waals surface area contributed by atoms with Crippen LogP contribution in [0, 0.1) is 11.3 Å². The molecule has 7 heteroatoms. The summed E-state index contributed by atoms with van der Waals surface area (Å²) in [6.07, 6.45) is 1.58. The molecule has 1 aromatic carbocycles. The number of nitrogens with zero attached hydrogens (tertiary/aromatic N) is 2. The molecule has 0 aliphatic heterocycles. The number of carbonyl (C=O) groups is 1. The summed E-state index contributed by atoms with van der Waals surface area (Å²) in [5, 5.41) is 25.6. The van der Waals surface area contributed by atoms with Gasteiger partial charge in [-0.05, 0) is 45.4 Å². The minimum absolute atomic E-state index is 0.112. The number of amides is 1. The molecule has 0 bridgehead atoms. The second-order valence-corrected chi connectivity index (χ2v) is 6.96. The lowest BCUT2D eigenvalue weighted by atomic mass is 10.1. The van der Waals surface area contributed by atoms with Crippen LogP contribution < -0.4 is 10.6 Å². The zero-order chi connectivity index (χ0) is 19.6. The molecule has 140 valence electrons. The average Bonchev–Trinajstić information content (AvgIpc) is 2.99. The Morgan fingerprint density at radius 3 is 2.81 bits per heavy atom. The van der Waals surface area contributed by atoms with Crippen molar-refractivity contribution in [2.75, 3.05) is 11.9 Å². The Morgan fingerprint density at radius 2 is 2.15 bits per heavy atom. The molecule has 3 aromatic rings. The van der Waals surface area contributed by atoms with E-state index in [0.29, 0.717) is 29.8 Å². The van der Waals surface area contributed by atoms with Gasteiger partial charge in [0.05, 0.1) is 40.0 Å². The summed E-state index contributed by atoms with van der Waals surface area (Å²) >= 11 is 0. The Balaban J connectivity index is 2.09. The lowest BCUT2D eigenvalue weighted by Crippen LogP contribution is -2.28. The highest BCUT2D eigenvalue weighted by atomic mass is 16.3. The lowest BCUT2D eigenvalue weighted by Gasteiger charge is -2.15. The third-order valence-electron chi connectivity index (χ3n) is 4.27. The molecule has 1 unspecified atom stereocenters. The third kappa shape index (κ3) is 3.86. The highest BCUT2D eigenvalue weighted by Gasteiger charge is 2.19. The van der Waals surface area contributed by atoms with E-state index in [0.717, 1.165) is 21.9 Å². The zero-order valence-electron chi connectivity index (χ0n) is 15.6. The number of aromatic nitrogens is 2. The Hall–Kier alpha value is -3.11. The van der Waals surface area contributed by atoms with Crippen molar-refractivity contribution in [1.82, 2.24) is 15.3 Å². The van der Waals surface area contributed by atoms with Gasteiger partial charge in [-0.2, -0.15) is 5.26 Å². The number of H-pyrrole nitrogens is 1. The first kappa shape index (κ1) is 18.7. The molecule has 0 saturated carbocycles. The van der Waals surface area contributed by atoms with Crippen LogP contribution in [0.5, 0.6) is 0 Å². The maximum Gasteiger partial charge on any atom is 0.255 e. The number of hydrogen-bond donors (Lipinski definition) is 4. The highest BCUT2D eigenvalue weighted by molar-refractivity contribution is 6.13. The van der Waals surface area contributed by atoms with Crippen molar-refractivity contribution in [3.05, 3.63) is 35.5 Å². The van der Waals surface area contributed by atoms with E-state index in [4.69, 9.17) is 5.26 Å². The van der Waals surface area contributed by atoms with E-state index in [-0.39, 0.29) is 11.9 Å². The van der Waals surface area contributed by atoms with Gasteiger partial charge in [-0.25, -0.2) is 0 Å². The first-order chi connectivity index (χ1) is 12.9. The van der Waals surface area contributed by atoms with Crippen molar-refractivity contribution in [1.29, 1.82) is 5.26 Å². The van der Waals surface area contributed by atoms with Crippen molar-refractivity contribution in [2.24, 2.45) is 0 Å². The fraction of sp³-hybridized carbons (Fsp3) is 0.350.